The summed E-state index contributed by atoms with van der Waals surface area (Å²) in [5.74, 6) is 0. The van der Waals surface area contributed by atoms with E-state index >= 15 is 0 Å². The van der Waals surface area contributed by atoms with Crippen molar-refractivity contribution in [3.05, 3.63) is 44.9 Å². The van der Waals surface area contributed by atoms with Crippen molar-refractivity contribution in [3.63, 3.8) is 0 Å². The van der Waals surface area contributed by atoms with Crippen LogP contribution in [0.3, 0.4) is 0 Å². The smallest absolute Gasteiger partial charge is 0.0762 e. The second-order valence-electron chi connectivity index (χ2n) is 4.39. The van der Waals surface area contributed by atoms with Crippen LogP contribution in [0.15, 0.2) is 22.8 Å². The van der Waals surface area contributed by atoms with E-state index in [-0.39, 0.29) is 6.04 Å². The van der Waals surface area contributed by atoms with Crippen molar-refractivity contribution < 1.29 is 0 Å². The van der Waals surface area contributed by atoms with Crippen molar-refractivity contribution in [1.29, 1.82) is 0 Å². The normalized spacial score (nSPS) is 12.7. The van der Waals surface area contributed by atoms with Crippen molar-refractivity contribution in [2.24, 2.45) is 7.05 Å². The molecule has 0 saturated heterocycles. The van der Waals surface area contributed by atoms with Gasteiger partial charge in [0.15, 0.2) is 0 Å². The largest absolute Gasteiger partial charge is 0.311 e. The molecule has 2 rings (SSSR count). The first kappa shape index (κ1) is 14.5. The highest BCUT2D eigenvalue weighted by Crippen LogP contribution is 2.27. The number of hydrogen-bond acceptors (Lipinski definition) is 3. The summed E-state index contributed by atoms with van der Waals surface area (Å²) in [6, 6.07) is 3.75. The van der Waals surface area contributed by atoms with Gasteiger partial charge in [-0.25, -0.2) is 0 Å². The first-order valence-electron chi connectivity index (χ1n) is 6.00. The number of pyridine rings is 1. The predicted octanol–water partition coefficient (Wildman–Crippen LogP) is 3.04. The van der Waals surface area contributed by atoms with Gasteiger partial charge in [0.05, 0.1) is 32.6 Å². The van der Waals surface area contributed by atoms with Crippen molar-refractivity contribution >= 4 is 27.5 Å². The molecule has 1 atom stereocenters. The SMILES string of the molecule is CNC(Cc1c(Br)c(C)nn1C)c1ncccc1Cl. The van der Waals surface area contributed by atoms with Crippen LogP contribution in [-0.2, 0) is 13.5 Å². The summed E-state index contributed by atoms with van der Waals surface area (Å²) in [6.45, 7) is 1.98. The van der Waals surface area contributed by atoms with E-state index < -0.39 is 0 Å². The summed E-state index contributed by atoms with van der Waals surface area (Å²) < 4.78 is 2.93. The van der Waals surface area contributed by atoms with Crippen molar-refractivity contribution in [1.82, 2.24) is 20.1 Å². The van der Waals surface area contributed by atoms with E-state index in [1.807, 2.05) is 37.8 Å². The van der Waals surface area contributed by atoms with Crippen molar-refractivity contribution in [2.45, 2.75) is 19.4 Å². The number of aryl methyl sites for hydroxylation is 2. The monoisotopic (exact) mass is 342 g/mol. The minimum atomic E-state index is 0.0554. The van der Waals surface area contributed by atoms with Crippen LogP contribution >= 0.6 is 27.5 Å². The second kappa shape index (κ2) is 6.03. The van der Waals surface area contributed by atoms with Crippen molar-refractivity contribution in [3.8, 4) is 0 Å². The van der Waals surface area contributed by atoms with Crippen LogP contribution in [0, 0.1) is 6.92 Å². The summed E-state index contributed by atoms with van der Waals surface area (Å²) in [5.41, 5.74) is 2.97. The van der Waals surface area contributed by atoms with Gasteiger partial charge in [-0.3, -0.25) is 9.67 Å². The molecular formula is C13H16BrClN4. The molecule has 102 valence electrons. The lowest BCUT2D eigenvalue weighted by Gasteiger charge is -2.17. The van der Waals surface area contributed by atoms with Gasteiger partial charge in [-0.15, -0.1) is 0 Å². The van der Waals surface area contributed by atoms with Gasteiger partial charge in [-0.05, 0) is 42.0 Å². The Morgan fingerprint density at radius 1 is 1.53 bits per heavy atom. The average Bonchev–Trinajstić information content (AvgIpc) is 2.63. The number of halogens is 2. The van der Waals surface area contributed by atoms with E-state index in [0.29, 0.717) is 5.02 Å². The number of nitrogens with zero attached hydrogens (tertiary/aromatic N) is 3. The fraction of sp³-hybridized carbons (Fsp3) is 0.385. The fourth-order valence-corrected chi connectivity index (χ4v) is 2.84. The minimum absolute atomic E-state index is 0.0554. The van der Waals surface area contributed by atoms with Crippen LogP contribution in [0.2, 0.25) is 5.02 Å². The van der Waals surface area contributed by atoms with E-state index in [1.165, 1.54) is 0 Å². The predicted molar refractivity (Wildman–Crippen MR) is 80.4 cm³/mol. The fourth-order valence-electron chi connectivity index (χ4n) is 2.08. The third-order valence-electron chi connectivity index (χ3n) is 3.12. The average molecular weight is 344 g/mol. The summed E-state index contributed by atoms with van der Waals surface area (Å²) in [6.07, 6.45) is 2.53. The molecule has 0 radical (unpaired) electrons. The van der Waals surface area contributed by atoms with Gasteiger partial charge in [0.1, 0.15) is 0 Å². The highest BCUT2D eigenvalue weighted by Gasteiger charge is 2.19. The molecule has 0 aromatic carbocycles. The molecule has 0 amide bonds. The number of rotatable bonds is 4. The molecule has 0 spiro atoms. The molecule has 0 saturated carbocycles. The Morgan fingerprint density at radius 2 is 2.26 bits per heavy atom. The maximum atomic E-state index is 6.21. The highest BCUT2D eigenvalue weighted by molar-refractivity contribution is 9.10. The summed E-state index contributed by atoms with van der Waals surface area (Å²) in [7, 11) is 3.85. The molecule has 19 heavy (non-hydrogen) atoms. The van der Waals surface area contributed by atoms with Gasteiger partial charge in [0.2, 0.25) is 0 Å². The number of likely N-dealkylation sites (N-methyl/N-ethyl adjacent to an activating group) is 1. The van der Waals surface area contributed by atoms with Crippen LogP contribution in [0.1, 0.15) is 23.1 Å². The number of nitrogens with one attached hydrogen (secondary N) is 1. The standard InChI is InChI=1S/C13H16BrClN4/c1-8-12(14)11(19(3)18-8)7-10(16-2)13-9(15)5-4-6-17-13/h4-6,10,16H,7H2,1-3H3. The molecule has 0 aliphatic heterocycles. The van der Waals surface area contributed by atoms with Crippen LogP contribution in [0.5, 0.6) is 0 Å². The Bertz CT molecular complexity index is 582. The van der Waals surface area contributed by atoms with Gasteiger partial charge < -0.3 is 5.32 Å². The molecule has 0 aliphatic rings. The third kappa shape index (κ3) is 2.99. The van der Waals surface area contributed by atoms with Gasteiger partial charge in [0, 0.05) is 19.7 Å². The zero-order chi connectivity index (χ0) is 14.0. The zero-order valence-electron chi connectivity index (χ0n) is 11.1. The number of aromatic nitrogens is 3. The number of hydrogen-bond donors (Lipinski definition) is 1. The first-order chi connectivity index (χ1) is 9.04. The van der Waals surface area contributed by atoms with Crippen LogP contribution in [-0.4, -0.2) is 21.8 Å². The van der Waals surface area contributed by atoms with Crippen LogP contribution in [0.4, 0.5) is 0 Å². The van der Waals surface area contributed by atoms with E-state index in [9.17, 15) is 0 Å². The lowest BCUT2D eigenvalue weighted by molar-refractivity contribution is 0.548. The molecule has 1 N–H and O–H groups in total. The van der Waals surface area contributed by atoms with Gasteiger partial charge in [-0.1, -0.05) is 11.6 Å². The summed E-state index contributed by atoms with van der Waals surface area (Å²) in [5, 5.41) is 8.34. The molecule has 0 aliphatic carbocycles. The van der Waals surface area contributed by atoms with E-state index in [0.717, 1.165) is 28.0 Å². The Labute approximate surface area is 126 Å². The summed E-state index contributed by atoms with van der Waals surface area (Å²) in [4.78, 5) is 4.37. The Balaban J connectivity index is 2.32. The molecule has 2 heterocycles. The molecule has 4 nitrogen and oxygen atoms in total. The molecular weight excluding hydrogens is 328 g/mol. The Kier molecular flexibility index (Phi) is 4.60. The van der Waals surface area contributed by atoms with E-state index in [2.05, 4.69) is 31.3 Å². The molecule has 1 unspecified atom stereocenters. The maximum absolute atomic E-state index is 6.21. The second-order valence-corrected chi connectivity index (χ2v) is 5.59. The van der Waals surface area contributed by atoms with E-state index in [1.54, 1.807) is 6.20 Å². The maximum Gasteiger partial charge on any atom is 0.0762 e. The molecule has 0 fully saturated rings. The van der Waals surface area contributed by atoms with Crippen LogP contribution in [0.25, 0.3) is 0 Å². The lowest BCUT2D eigenvalue weighted by atomic mass is 10.1. The zero-order valence-corrected chi connectivity index (χ0v) is 13.5. The Morgan fingerprint density at radius 3 is 2.79 bits per heavy atom. The van der Waals surface area contributed by atoms with Gasteiger partial charge in [0.25, 0.3) is 0 Å². The molecule has 2 aromatic heterocycles. The molecule has 0 bridgehead atoms. The van der Waals surface area contributed by atoms with Crippen molar-refractivity contribution in [2.75, 3.05) is 7.05 Å². The molecule has 2 aromatic rings. The highest BCUT2D eigenvalue weighted by atomic mass is 79.9. The van der Waals surface area contributed by atoms with Crippen LogP contribution < -0.4 is 5.32 Å². The lowest BCUT2D eigenvalue weighted by Crippen LogP contribution is -2.21. The van der Waals surface area contributed by atoms with Gasteiger partial charge in [-0.2, -0.15) is 5.10 Å². The first-order valence-corrected chi connectivity index (χ1v) is 7.17. The Hall–Kier alpha value is -0.910. The third-order valence-corrected chi connectivity index (χ3v) is 4.48. The topological polar surface area (TPSA) is 42.7 Å². The summed E-state index contributed by atoms with van der Waals surface area (Å²) >= 11 is 9.80. The van der Waals surface area contributed by atoms with E-state index in [4.69, 9.17) is 11.6 Å². The quantitative estimate of drug-likeness (QED) is 0.928. The molecule has 6 heteroatoms. The minimum Gasteiger partial charge on any atom is -0.311 e. The van der Waals surface area contributed by atoms with Gasteiger partial charge >= 0.3 is 0 Å².